The molecule has 1 saturated heterocycles. The highest BCUT2D eigenvalue weighted by molar-refractivity contribution is 7.89. The van der Waals surface area contributed by atoms with Gasteiger partial charge in [-0.1, -0.05) is 6.92 Å². The van der Waals surface area contributed by atoms with Crippen LogP contribution in [-0.2, 0) is 10.0 Å². The van der Waals surface area contributed by atoms with Gasteiger partial charge in [0, 0.05) is 32.0 Å². The topological polar surface area (TPSA) is 97.2 Å². The number of piperidine rings is 1. The normalized spacial score (nSPS) is 20.8. The van der Waals surface area contributed by atoms with Gasteiger partial charge in [0.2, 0.25) is 10.0 Å². The first kappa shape index (κ1) is 19.1. The number of nitrogens with one attached hydrogen (secondary N) is 1. The number of nitrogens with zero attached hydrogens (tertiary/aromatic N) is 4. The first-order valence-corrected chi connectivity index (χ1v) is 11.2. The van der Waals surface area contributed by atoms with Gasteiger partial charge >= 0.3 is 0 Å². The summed E-state index contributed by atoms with van der Waals surface area (Å²) in [6, 6.07) is 3.19. The van der Waals surface area contributed by atoms with Gasteiger partial charge in [0.1, 0.15) is 22.7 Å². The van der Waals surface area contributed by atoms with Crippen molar-refractivity contribution in [1.82, 2.24) is 24.2 Å². The molecule has 9 heteroatoms. The monoisotopic (exact) mass is 403 g/mol. The largest absolute Gasteiger partial charge is 0.350 e. The number of pyridine rings is 1. The number of amides is 1. The third-order valence-corrected chi connectivity index (χ3v) is 7.15. The third-order valence-electron chi connectivity index (χ3n) is 5.31. The summed E-state index contributed by atoms with van der Waals surface area (Å²) in [7, 11) is -3.53. The van der Waals surface area contributed by atoms with Gasteiger partial charge < -0.3 is 5.32 Å². The van der Waals surface area contributed by atoms with Crippen LogP contribution < -0.4 is 5.32 Å². The predicted octanol–water partition coefficient (Wildman–Crippen LogP) is 1.83. The van der Waals surface area contributed by atoms with Gasteiger partial charge in [-0.2, -0.15) is 4.31 Å². The number of aromatic nitrogens is 3. The van der Waals surface area contributed by atoms with Crippen LogP contribution in [0.15, 0.2) is 35.7 Å². The van der Waals surface area contributed by atoms with Gasteiger partial charge in [0.25, 0.3) is 5.91 Å². The van der Waals surface area contributed by atoms with Crippen molar-refractivity contribution < 1.29 is 13.2 Å². The van der Waals surface area contributed by atoms with Crippen LogP contribution in [-0.4, -0.2) is 52.8 Å². The lowest BCUT2D eigenvalue weighted by atomic mass is 10.0. The van der Waals surface area contributed by atoms with Crippen LogP contribution in [0.1, 0.15) is 43.1 Å². The Labute approximate surface area is 165 Å². The molecule has 4 rings (SSSR count). The smallest absolute Gasteiger partial charge is 0.271 e. The van der Waals surface area contributed by atoms with E-state index in [4.69, 9.17) is 0 Å². The average molecular weight is 404 g/mol. The van der Waals surface area contributed by atoms with E-state index >= 15 is 0 Å². The summed E-state index contributed by atoms with van der Waals surface area (Å²) >= 11 is 0. The average Bonchev–Trinajstić information content (AvgIpc) is 3.40. The molecule has 150 valence electrons. The molecule has 0 aromatic carbocycles. The van der Waals surface area contributed by atoms with E-state index in [2.05, 4.69) is 22.2 Å². The van der Waals surface area contributed by atoms with E-state index in [9.17, 15) is 13.2 Å². The van der Waals surface area contributed by atoms with Crippen molar-refractivity contribution in [3.63, 3.8) is 0 Å². The lowest BCUT2D eigenvalue weighted by Gasteiger charge is -2.29. The number of carbonyl (C=O) groups excluding carboxylic acids is 1. The molecule has 1 aliphatic carbocycles. The fourth-order valence-electron chi connectivity index (χ4n) is 3.41. The fourth-order valence-corrected chi connectivity index (χ4v) is 4.95. The van der Waals surface area contributed by atoms with Crippen molar-refractivity contribution in [1.29, 1.82) is 0 Å². The molecule has 0 radical (unpaired) electrons. The second-order valence-corrected chi connectivity index (χ2v) is 9.72. The van der Waals surface area contributed by atoms with E-state index in [1.807, 2.05) is 0 Å². The van der Waals surface area contributed by atoms with Crippen molar-refractivity contribution >= 4 is 15.9 Å². The summed E-state index contributed by atoms with van der Waals surface area (Å²) in [4.78, 5) is 20.7. The minimum absolute atomic E-state index is 0.188. The van der Waals surface area contributed by atoms with Gasteiger partial charge in [0.15, 0.2) is 0 Å². The maximum absolute atomic E-state index is 12.8. The molecule has 0 bridgehead atoms. The Hall–Kier alpha value is -2.26. The number of rotatable bonds is 6. The van der Waals surface area contributed by atoms with Crippen LogP contribution in [0.3, 0.4) is 0 Å². The molecule has 1 atom stereocenters. The Morgan fingerprint density at radius 2 is 2.07 bits per heavy atom. The molecule has 1 aliphatic heterocycles. The molecule has 8 nitrogen and oxygen atoms in total. The third kappa shape index (κ3) is 4.10. The summed E-state index contributed by atoms with van der Waals surface area (Å²) in [5, 5.41) is 2.87. The molecule has 1 N–H and O–H groups in total. The van der Waals surface area contributed by atoms with Crippen LogP contribution in [0.2, 0.25) is 0 Å². The van der Waals surface area contributed by atoms with E-state index in [-0.39, 0.29) is 10.8 Å². The standard InChI is InChI=1S/C19H25N5O3S/c1-14-3-2-8-24(11-14)28(26,27)16-6-7-18(20-10-16)23-12-17(22-13-23)19(25)21-9-15-4-5-15/h6-7,10,12-15H,2-5,8-9,11H2,1H3,(H,21,25). The first-order valence-electron chi connectivity index (χ1n) is 9.72. The van der Waals surface area contributed by atoms with Gasteiger partial charge in [-0.3, -0.25) is 9.36 Å². The lowest BCUT2D eigenvalue weighted by Crippen LogP contribution is -2.39. The van der Waals surface area contributed by atoms with Crippen molar-refractivity contribution in [2.75, 3.05) is 19.6 Å². The summed E-state index contributed by atoms with van der Waals surface area (Å²) in [5.74, 6) is 1.28. The molecule has 2 aromatic heterocycles. The Kier molecular flexibility index (Phi) is 5.20. The van der Waals surface area contributed by atoms with Crippen molar-refractivity contribution in [3.05, 3.63) is 36.5 Å². The maximum atomic E-state index is 12.8. The van der Waals surface area contributed by atoms with E-state index in [1.165, 1.54) is 29.7 Å². The Morgan fingerprint density at radius 1 is 1.25 bits per heavy atom. The number of hydrogen-bond donors (Lipinski definition) is 1. The zero-order valence-corrected chi connectivity index (χ0v) is 16.7. The number of imidazole rings is 1. The lowest BCUT2D eigenvalue weighted by molar-refractivity contribution is 0.0947. The van der Waals surface area contributed by atoms with Gasteiger partial charge in [0.05, 0.1) is 0 Å². The predicted molar refractivity (Wildman–Crippen MR) is 104 cm³/mol. The second kappa shape index (κ2) is 7.63. The second-order valence-electron chi connectivity index (χ2n) is 7.78. The van der Waals surface area contributed by atoms with Crippen LogP contribution in [0.5, 0.6) is 0 Å². The maximum Gasteiger partial charge on any atom is 0.271 e. The van der Waals surface area contributed by atoms with Crippen LogP contribution in [0, 0.1) is 11.8 Å². The number of sulfonamides is 1. The molecule has 1 amide bonds. The van der Waals surface area contributed by atoms with Gasteiger partial charge in [-0.05, 0) is 49.7 Å². The zero-order chi connectivity index (χ0) is 19.7. The summed E-state index contributed by atoms with van der Waals surface area (Å²) in [6.45, 7) is 3.85. The van der Waals surface area contributed by atoms with E-state index in [0.717, 1.165) is 12.8 Å². The molecule has 1 unspecified atom stereocenters. The molecule has 28 heavy (non-hydrogen) atoms. The van der Waals surface area contributed by atoms with Crippen LogP contribution >= 0.6 is 0 Å². The van der Waals surface area contributed by atoms with Crippen LogP contribution in [0.25, 0.3) is 5.82 Å². The molecule has 1 saturated carbocycles. The van der Waals surface area contributed by atoms with E-state index in [0.29, 0.717) is 43.0 Å². The molecular formula is C19H25N5O3S. The molecular weight excluding hydrogens is 378 g/mol. The van der Waals surface area contributed by atoms with Crippen molar-refractivity contribution in [2.24, 2.45) is 11.8 Å². The highest BCUT2D eigenvalue weighted by Crippen LogP contribution is 2.27. The molecule has 2 aromatic rings. The molecule has 0 spiro atoms. The van der Waals surface area contributed by atoms with Crippen LogP contribution in [0.4, 0.5) is 0 Å². The zero-order valence-electron chi connectivity index (χ0n) is 15.9. The van der Waals surface area contributed by atoms with Crippen molar-refractivity contribution in [2.45, 2.75) is 37.5 Å². The SMILES string of the molecule is CC1CCCN(S(=O)(=O)c2ccc(-n3cnc(C(=O)NCC4CC4)c3)nc2)C1. The minimum Gasteiger partial charge on any atom is -0.350 e. The summed E-state index contributed by atoms with van der Waals surface area (Å²) in [5.41, 5.74) is 0.321. The number of hydrogen-bond acceptors (Lipinski definition) is 5. The Morgan fingerprint density at radius 3 is 2.75 bits per heavy atom. The summed E-state index contributed by atoms with van der Waals surface area (Å²) in [6.07, 6.45) is 8.76. The Balaban J connectivity index is 1.46. The first-order chi connectivity index (χ1) is 13.4. The van der Waals surface area contributed by atoms with E-state index in [1.54, 1.807) is 22.9 Å². The summed E-state index contributed by atoms with van der Waals surface area (Å²) < 4.78 is 28.8. The van der Waals surface area contributed by atoms with Gasteiger partial charge in [-0.25, -0.2) is 18.4 Å². The minimum atomic E-state index is -3.53. The highest BCUT2D eigenvalue weighted by Gasteiger charge is 2.29. The number of carbonyl (C=O) groups is 1. The van der Waals surface area contributed by atoms with E-state index < -0.39 is 10.0 Å². The van der Waals surface area contributed by atoms with Crippen molar-refractivity contribution in [3.8, 4) is 5.82 Å². The molecule has 2 aliphatic rings. The van der Waals surface area contributed by atoms with Gasteiger partial charge in [-0.15, -0.1) is 0 Å². The molecule has 3 heterocycles. The quantitative estimate of drug-likeness (QED) is 0.794. The highest BCUT2D eigenvalue weighted by atomic mass is 32.2. The molecule has 2 fully saturated rings. The Bertz CT molecular complexity index is 950. The fraction of sp³-hybridized carbons (Fsp3) is 0.526.